The molecule has 0 N–H and O–H groups in total. The summed E-state index contributed by atoms with van der Waals surface area (Å²) in [4.78, 5) is 48.8. The zero-order valence-corrected chi connectivity index (χ0v) is 18.3. The zero-order chi connectivity index (χ0) is 22.4. The van der Waals surface area contributed by atoms with Crippen molar-refractivity contribution in [3.63, 3.8) is 0 Å². The molecule has 0 radical (unpaired) electrons. The van der Waals surface area contributed by atoms with Crippen LogP contribution in [0.25, 0.3) is 11.0 Å². The maximum Gasteiger partial charge on any atom is 0.297 e. The Labute approximate surface area is 186 Å². The van der Waals surface area contributed by atoms with Gasteiger partial charge in [-0.3, -0.25) is 19.3 Å². The van der Waals surface area contributed by atoms with Crippen LogP contribution in [0.4, 0.5) is 10.8 Å². The minimum atomic E-state index is -1.66. The van der Waals surface area contributed by atoms with E-state index in [1.54, 1.807) is 49.0 Å². The van der Waals surface area contributed by atoms with Gasteiger partial charge in [0.05, 0.1) is 10.9 Å². The smallest absolute Gasteiger partial charge is 0.297 e. The number of hydrogen-bond donors (Lipinski definition) is 0. The Morgan fingerprint density at radius 1 is 1.06 bits per heavy atom. The van der Waals surface area contributed by atoms with Gasteiger partial charge in [-0.2, -0.15) is 0 Å². The molecule has 2 aliphatic heterocycles. The summed E-state index contributed by atoms with van der Waals surface area (Å²) in [6, 6.07) is 10.7. The first kappa shape index (κ1) is 18.9. The molecule has 8 heteroatoms. The monoisotopic (exact) mass is 443 g/mol. The van der Waals surface area contributed by atoms with E-state index in [9.17, 15) is 14.4 Å². The van der Waals surface area contributed by atoms with E-state index in [-0.39, 0.29) is 16.8 Å². The highest BCUT2D eigenvalue weighted by atomic mass is 32.1. The molecule has 0 bridgehead atoms. The Hall–Kier alpha value is -3.78. The van der Waals surface area contributed by atoms with Gasteiger partial charge in [0.1, 0.15) is 5.58 Å². The highest BCUT2D eigenvalue weighted by Crippen LogP contribution is 2.53. The average Bonchev–Trinajstić information content (AvgIpc) is 3.44. The minimum Gasteiger partial charge on any atom is -0.450 e. The quantitative estimate of drug-likeness (QED) is 0.447. The van der Waals surface area contributed by atoms with E-state index >= 15 is 0 Å². The second-order valence-electron chi connectivity index (χ2n) is 8.11. The maximum atomic E-state index is 13.9. The van der Waals surface area contributed by atoms with Gasteiger partial charge in [-0.15, -0.1) is 11.3 Å². The summed E-state index contributed by atoms with van der Waals surface area (Å²) < 4.78 is 6.06. The number of carbonyl (C=O) groups is 2. The Bertz CT molecular complexity index is 1540. The summed E-state index contributed by atoms with van der Waals surface area (Å²) in [5.74, 6) is -1.05. The number of anilines is 2. The number of aryl methyl sites for hydroxylation is 2. The van der Waals surface area contributed by atoms with Crippen LogP contribution in [0.1, 0.15) is 32.8 Å². The summed E-state index contributed by atoms with van der Waals surface area (Å²) in [5, 5.41) is 2.41. The number of benzene rings is 2. The number of aromatic nitrogens is 1. The third-order valence-corrected chi connectivity index (χ3v) is 7.24. The van der Waals surface area contributed by atoms with Crippen molar-refractivity contribution in [2.75, 3.05) is 16.8 Å². The van der Waals surface area contributed by atoms with Crippen molar-refractivity contribution in [2.45, 2.75) is 19.4 Å². The highest BCUT2D eigenvalue weighted by Gasteiger charge is 2.65. The number of thiazole rings is 1. The largest absolute Gasteiger partial charge is 0.450 e. The number of likely N-dealkylation sites (N-methyl/N-ethyl adjacent to an activating group) is 1. The fraction of sp³-hybridized carbons (Fsp3) is 0.167. The van der Waals surface area contributed by atoms with Crippen LogP contribution in [-0.4, -0.2) is 23.8 Å². The van der Waals surface area contributed by atoms with Crippen molar-refractivity contribution in [3.8, 4) is 0 Å². The molecule has 1 spiro atoms. The first-order valence-electron chi connectivity index (χ1n) is 10.1. The summed E-state index contributed by atoms with van der Waals surface area (Å²) >= 11 is 1.23. The predicted octanol–water partition coefficient (Wildman–Crippen LogP) is 3.75. The number of hydrogen-bond acceptors (Lipinski definition) is 6. The van der Waals surface area contributed by atoms with E-state index < -0.39 is 17.4 Å². The van der Waals surface area contributed by atoms with E-state index in [0.29, 0.717) is 27.4 Å². The molecule has 6 rings (SSSR count). The van der Waals surface area contributed by atoms with Crippen molar-refractivity contribution in [2.24, 2.45) is 0 Å². The molecule has 0 aliphatic carbocycles. The molecule has 0 saturated carbocycles. The van der Waals surface area contributed by atoms with E-state index in [0.717, 1.165) is 11.1 Å². The standard InChI is InChI=1S/C24H17N3O4S/c1-12-10-14-17(11-13(12)2)31-20-18(19(14)28)24(27(21(20)29)23-25-8-9-32-23)15-6-4-5-7-16(15)26(3)22(24)30/h4-11H,1-3H3. The molecule has 1 unspecified atom stereocenters. The van der Waals surface area contributed by atoms with E-state index in [1.807, 2.05) is 19.9 Å². The fourth-order valence-corrected chi connectivity index (χ4v) is 5.54. The average molecular weight is 443 g/mol. The van der Waals surface area contributed by atoms with Crippen molar-refractivity contribution >= 4 is 44.9 Å². The zero-order valence-electron chi connectivity index (χ0n) is 17.5. The Morgan fingerprint density at radius 2 is 1.81 bits per heavy atom. The molecule has 158 valence electrons. The van der Waals surface area contributed by atoms with E-state index in [4.69, 9.17) is 4.42 Å². The summed E-state index contributed by atoms with van der Waals surface area (Å²) in [6.45, 7) is 3.83. The van der Waals surface area contributed by atoms with Gasteiger partial charge in [0.15, 0.2) is 16.1 Å². The third kappa shape index (κ3) is 2.05. The van der Waals surface area contributed by atoms with Gasteiger partial charge in [-0.1, -0.05) is 18.2 Å². The van der Waals surface area contributed by atoms with Crippen molar-refractivity contribution in [1.82, 2.24) is 4.98 Å². The minimum absolute atomic E-state index is 0.0512. The van der Waals surface area contributed by atoms with Gasteiger partial charge in [-0.25, -0.2) is 4.98 Å². The molecular weight excluding hydrogens is 426 g/mol. The Balaban J connectivity index is 1.82. The van der Waals surface area contributed by atoms with Crippen molar-refractivity contribution < 1.29 is 14.0 Å². The van der Waals surface area contributed by atoms with Crippen LogP contribution in [0.3, 0.4) is 0 Å². The number of carbonyl (C=O) groups excluding carboxylic acids is 2. The molecule has 2 amide bonds. The molecule has 1 atom stereocenters. The van der Waals surface area contributed by atoms with Gasteiger partial charge in [0.2, 0.25) is 5.76 Å². The van der Waals surface area contributed by atoms with E-state index in [1.165, 1.54) is 21.1 Å². The van der Waals surface area contributed by atoms with Crippen LogP contribution >= 0.6 is 11.3 Å². The number of rotatable bonds is 1. The topological polar surface area (TPSA) is 83.7 Å². The molecule has 2 aliphatic rings. The molecule has 0 saturated heterocycles. The maximum absolute atomic E-state index is 13.9. The summed E-state index contributed by atoms with van der Waals surface area (Å²) in [6.07, 6.45) is 1.57. The number of nitrogens with zero attached hydrogens (tertiary/aromatic N) is 3. The SMILES string of the molecule is Cc1cc2oc3c(c(=O)c2cc1C)C1(C(=O)N(C)c2ccccc21)N(c1nccs1)C3=O. The first-order chi connectivity index (χ1) is 15.4. The summed E-state index contributed by atoms with van der Waals surface area (Å²) in [5.41, 5.74) is 1.40. The molecule has 2 aromatic heterocycles. The third-order valence-electron chi connectivity index (χ3n) is 6.48. The molecule has 4 aromatic rings. The molecular formula is C24H17N3O4S. The predicted molar refractivity (Wildman–Crippen MR) is 122 cm³/mol. The molecule has 32 heavy (non-hydrogen) atoms. The van der Waals surface area contributed by atoms with Gasteiger partial charge in [0, 0.05) is 29.9 Å². The van der Waals surface area contributed by atoms with Crippen LogP contribution in [0.5, 0.6) is 0 Å². The molecule has 2 aromatic carbocycles. The van der Waals surface area contributed by atoms with Crippen molar-refractivity contribution in [3.05, 3.63) is 86.2 Å². The lowest BCUT2D eigenvalue weighted by Gasteiger charge is -2.31. The second kappa shape index (κ2) is 6.14. The van der Waals surface area contributed by atoms with Crippen LogP contribution in [-0.2, 0) is 10.3 Å². The van der Waals surface area contributed by atoms with E-state index in [2.05, 4.69) is 4.98 Å². The molecule has 4 heterocycles. The van der Waals surface area contributed by atoms with Crippen LogP contribution < -0.4 is 15.2 Å². The molecule has 0 fully saturated rings. The summed E-state index contributed by atoms with van der Waals surface area (Å²) in [7, 11) is 1.65. The van der Waals surface area contributed by atoms with Crippen molar-refractivity contribution in [1.29, 1.82) is 0 Å². The van der Waals surface area contributed by atoms with Crippen LogP contribution in [0, 0.1) is 13.8 Å². The molecule has 7 nitrogen and oxygen atoms in total. The normalized spacial score (nSPS) is 19.3. The Morgan fingerprint density at radius 3 is 2.56 bits per heavy atom. The van der Waals surface area contributed by atoms with Crippen LogP contribution in [0.2, 0.25) is 0 Å². The fourth-order valence-electron chi connectivity index (χ4n) is 4.85. The van der Waals surface area contributed by atoms with Crippen LogP contribution in [0.15, 0.2) is 57.2 Å². The number of amides is 2. The lowest BCUT2D eigenvalue weighted by molar-refractivity contribution is -0.121. The highest BCUT2D eigenvalue weighted by molar-refractivity contribution is 7.13. The van der Waals surface area contributed by atoms with Gasteiger partial charge in [0.25, 0.3) is 11.8 Å². The first-order valence-corrected chi connectivity index (χ1v) is 11.0. The second-order valence-corrected chi connectivity index (χ2v) is 8.99. The lowest BCUT2D eigenvalue weighted by atomic mass is 9.84. The number of para-hydroxylation sites is 1. The van der Waals surface area contributed by atoms with Gasteiger partial charge in [-0.05, 0) is 43.2 Å². The Kier molecular flexibility index (Phi) is 3.63. The number of fused-ring (bicyclic) bond motifs is 5. The van der Waals surface area contributed by atoms with Gasteiger partial charge >= 0.3 is 0 Å². The lowest BCUT2D eigenvalue weighted by Crippen LogP contribution is -2.53. The van der Waals surface area contributed by atoms with Gasteiger partial charge < -0.3 is 9.32 Å².